The van der Waals surface area contributed by atoms with E-state index in [0.717, 1.165) is 11.1 Å². The summed E-state index contributed by atoms with van der Waals surface area (Å²) in [4.78, 5) is 27.7. The van der Waals surface area contributed by atoms with E-state index in [1.54, 1.807) is 12.4 Å². The zero-order chi connectivity index (χ0) is 17.6. The van der Waals surface area contributed by atoms with E-state index < -0.39 is 10.9 Å². The molecule has 0 unspecified atom stereocenters. The van der Waals surface area contributed by atoms with Crippen LogP contribution < -0.4 is 21.5 Å². The van der Waals surface area contributed by atoms with Crippen molar-refractivity contribution in [3.8, 4) is 0 Å². The summed E-state index contributed by atoms with van der Waals surface area (Å²) in [6.07, 6.45) is 3.89. The standard InChI is InChI=1S/C19H19N3O3/c23-12-15(10-13-4-2-1-3-5-13)22-17-16(18(24)19(17)25)21-11-14-6-8-20-9-7-14/h1-9,15,21-23H,10-12H2/t15-/m0/s1. The molecule has 2 aromatic carbocycles. The average Bonchev–Trinajstić information content (AvgIpc) is 2.67. The summed E-state index contributed by atoms with van der Waals surface area (Å²) in [5.74, 6) is 0. The van der Waals surface area contributed by atoms with Crippen molar-refractivity contribution < 1.29 is 5.11 Å². The van der Waals surface area contributed by atoms with Gasteiger partial charge >= 0.3 is 0 Å². The maximum Gasteiger partial charge on any atom is 0.253 e. The van der Waals surface area contributed by atoms with Crippen LogP contribution in [-0.4, -0.2) is 22.7 Å². The molecule has 6 heteroatoms. The van der Waals surface area contributed by atoms with E-state index in [1.807, 2.05) is 42.5 Å². The molecule has 1 aromatic heterocycles. The molecular weight excluding hydrogens is 318 g/mol. The van der Waals surface area contributed by atoms with Crippen molar-refractivity contribution in [1.82, 2.24) is 4.98 Å². The molecule has 0 aliphatic carbocycles. The van der Waals surface area contributed by atoms with Crippen LogP contribution in [0.2, 0.25) is 0 Å². The molecule has 0 fully saturated rings. The molecule has 0 saturated carbocycles. The summed E-state index contributed by atoms with van der Waals surface area (Å²) in [6, 6.07) is 13.0. The third-order valence-corrected chi connectivity index (χ3v) is 4.02. The van der Waals surface area contributed by atoms with Gasteiger partial charge in [0, 0.05) is 18.9 Å². The Morgan fingerprint density at radius 3 is 2.28 bits per heavy atom. The number of aliphatic hydroxyl groups excluding tert-OH is 1. The Kier molecular flexibility index (Phi) is 5.20. The van der Waals surface area contributed by atoms with Crippen molar-refractivity contribution >= 4 is 11.4 Å². The van der Waals surface area contributed by atoms with E-state index in [9.17, 15) is 14.7 Å². The maximum absolute atomic E-state index is 11.9. The van der Waals surface area contributed by atoms with Crippen LogP contribution in [0.5, 0.6) is 0 Å². The molecule has 0 aliphatic heterocycles. The summed E-state index contributed by atoms with van der Waals surface area (Å²) in [7, 11) is 0. The Labute approximate surface area is 144 Å². The Bertz CT molecular complexity index is 887. The third-order valence-electron chi connectivity index (χ3n) is 4.02. The number of nitrogens with zero attached hydrogens (tertiary/aromatic N) is 1. The lowest BCUT2D eigenvalue weighted by atomic mass is 10.0. The maximum atomic E-state index is 11.9. The van der Waals surface area contributed by atoms with Gasteiger partial charge in [0.1, 0.15) is 11.4 Å². The summed E-state index contributed by atoms with van der Waals surface area (Å²) in [5.41, 5.74) is 1.43. The summed E-state index contributed by atoms with van der Waals surface area (Å²) >= 11 is 0. The van der Waals surface area contributed by atoms with Gasteiger partial charge < -0.3 is 15.7 Å². The van der Waals surface area contributed by atoms with Gasteiger partial charge in [0.05, 0.1) is 12.6 Å². The fourth-order valence-corrected chi connectivity index (χ4v) is 2.65. The highest BCUT2D eigenvalue weighted by Crippen LogP contribution is 2.18. The summed E-state index contributed by atoms with van der Waals surface area (Å²) in [6.45, 7) is 0.280. The highest BCUT2D eigenvalue weighted by atomic mass is 16.3. The largest absolute Gasteiger partial charge is 0.394 e. The molecule has 3 rings (SSSR count). The van der Waals surface area contributed by atoms with Gasteiger partial charge in [0.2, 0.25) is 0 Å². The SMILES string of the molecule is O=c1c(NCc2ccncc2)c(N[C@H](CO)Cc2ccccc2)c1=O. The smallest absolute Gasteiger partial charge is 0.253 e. The molecule has 0 amide bonds. The molecule has 0 radical (unpaired) electrons. The van der Waals surface area contributed by atoms with Crippen molar-refractivity contribution in [3.63, 3.8) is 0 Å². The number of pyridine rings is 1. The minimum atomic E-state index is -0.552. The predicted molar refractivity (Wildman–Crippen MR) is 97.6 cm³/mol. The van der Waals surface area contributed by atoms with Gasteiger partial charge in [-0.05, 0) is 29.7 Å². The van der Waals surface area contributed by atoms with E-state index in [2.05, 4.69) is 15.6 Å². The monoisotopic (exact) mass is 337 g/mol. The second kappa shape index (κ2) is 7.72. The second-order valence-electron chi connectivity index (χ2n) is 5.83. The van der Waals surface area contributed by atoms with Crippen molar-refractivity contribution in [2.24, 2.45) is 0 Å². The molecule has 0 aliphatic rings. The first kappa shape index (κ1) is 16.9. The van der Waals surface area contributed by atoms with Gasteiger partial charge in [-0.15, -0.1) is 0 Å². The number of aromatic nitrogens is 1. The molecule has 3 aromatic rings. The van der Waals surface area contributed by atoms with Crippen molar-refractivity contribution in [2.75, 3.05) is 17.2 Å². The number of hydrogen-bond donors (Lipinski definition) is 3. The first-order valence-corrected chi connectivity index (χ1v) is 8.06. The first-order chi connectivity index (χ1) is 12.2. The normalized spacial score (nSPS) is 12.0. The molecule has 0 bridgehead atoms. The highest BCUT2D eigenvalue weighted by Gasteiger charge is 2.23. The van der Waals surface area contributed by atoms with Crippen molar-refractivity contribution in [1.29, 1.82) is 0 Å². The fraction of sp³-hybridized carbons (Fsp3) is 0.211. The van der Waals surface area contributed by atoms with Crippen LogP contribution in [0.3, 0.4) is 0 Å². The fourth-order valence-electron chi connectivity index (χ4n) is 2.65. The number of aliphatic hydroxyl groups is 1. The quantitative estimate of drug-likeness (QED) is 0.537. The van der Waals surface area contributed by atoms with E-state index >= 15 is 0 Å². The molecule has 3 N–H and O–H groups in total. The topological polar surface area (TPSA) is 91.3 Å². The van der Waals surface area contributed by atoms with Crippen LogP contribution in [0.1, 0.15) is 11.1 Å². The van der Waals surface area contributed by atoms with E-state index in [1.165, 1.54) is 0 Å². The molecule has 0 saturated heterocycles. The average molecular weight is 337 g/mol. The van der Waals surface area contributed by atoms with Crippen LogP contribution >= 0.6 is 0 Å². The number of rotatable bonds is 8. The number of benzene rings is 1. The van der Waals surface area contributed by atoms with Gasteiger partial charge in [-0.2, -0.15) is 0 Å². The predicted octanol–water partition coefficient (Wildman–Crippen LogP) is 1.31. The highest BCUT2D eigenvalue weighted by molar-refractivity contribution is 5.74. The summed E-state index contributed by atoms with van der Waals surface area (Å²) in [5, 5.41) is 15.6. The minimum absolute atomic E-state index is 0.141. The number of nitrogens with one attached hydrogen (secondary N) is 2. The number of anilines is 2. The van der Waals surface area contributed by atoms with Crippen LogP contribution in [0.4, 0.5) is 11.4 Å². The first-order valence-electron chi connectivity index (χ1n) is 8.06. The summed E-state index contributed by atoms with van der Waals surface area (Å²) < 4.78 is 0. The molecule has 6 nitrogen and oxygen atoms in total. The van der Waals surface area contributed by atoms with Gasteiger partial charge in [0.25, 0.3) is 10.9 Å². The molecule has 25 heavy (non-hydrogen) atoms. The van der Waals surface area contributed by atoms with Crippen molar-refractivity contribution in [3.05, 3.63) is 86.4 Å². The Balaban J connectivity index is 1.68. The minimum Gasteiger partial charge on any atom is -0.394 e. The van der Waals surface area contributed by atoms with Gasteiger partial charge in [-0.1, -0.05) is 30.3 Å². The second-order valence-corrected chi connectivity index (χ2v) is 5.83. The van der Waals surface area contributed by atoms with Gasteiger partial charge in [-0.25, -0.2) is 0 Å². The lowest BCUT2D eigenvalue weighted by molar-refractivity contribution is 0.273. The van der Waals surface area contributed by atoms with Gasteiger partial charge in [0.15, 0.2) is 0 Å². The molecule has 1 atom stereocenters. The van der Waals surface area contributed by atoms with Gasteiger partial charge in [-0.3, -0.25) is 14.6 Å². The molecule has 0 spiro atoms. The van der Waals surface area contributed by atoms with Crippen LogP contribution in [0.25, 0.3) is 0 Å². The van der Waals surface area contributed by atoms with Crippen LogP contribution in [0, 0.1) is 0 Å². The molecule has 128 valence electrons. The van der Waals surface area contributed by atoms with Crippen LogP contribution in [0.15, 0.2) is 64.4 Å². The Morgan fingerprint density at radius 2 is 1.60 bits per heavy atom. The van der Waals surface area contributed by atoms with E-state index in [0.29, 0.717) is 13.0 Å². The Hall–Kier alpha value is -2.99. The Morgan fingerprint density at radius 1 is 0.920 bits per heavy atom. The molecule has 1 heterocycles. The lowest BCUT2D eigenvalue weighted by Crippen LogP contribution is -2.41. The van der Waals surface area contributed by atoms with Crippen LogP contribution in [-0.2, 0) is 13.0 Å². The van der Waals surface area contributed by atoms with E-state index in [-0.39, 0.29) is 24.0 Å². The zero-order valence-corrected chi connectivity index (χ0v) is 13.6. The number of hydrogen-bond acceptors (Lipinski definition) is 6. The lowest BCUT2D eigenvalue weighted by Gasteiger charge is -2.21. The molecular formula is C19H19N3O3. The third kappa shape index (κ3) is 3.92. The van der Waals surface area contributed by atoms with E-state index in [4.69, 9.17) is 0 Å². The van der Waals surface area contributed by atoms with Crippen molar-refractivity contribution in [2.45, 2.75) is 19.0 Å². The zero-order valence-electron chi connectivity index (χ0n) is 13.6.